The van der Waals surface area contributed by atoms with E-state index >= 15 is 0 Å². The Morgan fingerprint density at radius 3 is 1.60 bits per heavy atom. The van der Waals surface area contributed by atoms with Crippen molar-refractivity contribution in [3.63, 3.8) is 0 Å². The molecule has 40 heavy (non-hydrogen) atoms. The van der Waals surface area contributed by atoms with Gasteiger partial charge in [0.2, 0.25) is 0 Å². The maximum atomic E-state index is 12.1. The van der Waals surface area contributed by atoms with Gasteiger partial charge in [-0.1, -0.05) is 13.2 Å². The van der Waals surface area contributed by atoms with Gasteiger partial charge in [-0.3, -0.25) is 14.6 Å². The van der Waals surface area contributed by atoms with Gasteiger partial charge in [0, 0.05) is 58.2 Å². The SMILES string of the molecule is C=Cc1cc(-c2c[nH]c(Nc3ncnc(Nc4[nH]cc(-c5coc(C=C)c5)c4C=O)c4cncc3-4)c2C=O)co1. The number of aromatic amines is 2. The van der Waals surface area contributed by atoms with Crippen molar-refractivity contribution in [2.75, 3.05) is 10.6 Å². The van der Waals surface area contributed by atoms with Gasteiger partial charge >= 0.3 is 0 Å². The number of carbonyl (C=O) groups excluding carboxylic acids is 2. The molecule has 0 fully saturated rings. The molecule has 0 aliphatic carbocycles. The number of fused-ring (bicyclic) bond motifs is 1. The summed E-state index contributed by atoms with van der Waals surface area (Å²) in [6.07, 6.45) is 15.9. The van der Waals surface area contributed by atoms with Crippen molar-refractivity contribution in [3.8, 4) is 33.4 Å². The van der Waals surface area contributed by atoms with Gasteiger partial charge in [-0.15, -0.1) is 0 Å². The van der Waals surface area contributed by atoms with E-state index in [1.165, 1.54) is 6.33 Å². The summed E-state index contributed by atoms with van der Waals surface area (Å²) >= 11 is 0. The van der Waals surface area contributed by atoms with Crippen LogP contribution in [0.1, 0.15) is 32.2 Å². The van der Waals surface area contributed by atoms with E-state index in [1.54, 1.807) is 61.6 Å². The number of rotatable bonds is 10. The highest BCUT2D eigenvalue weighted by molar-refractivity contribution is 5.98. The van der Waals surface area contributed by atoms with Gasteiger partial charge in [-0.05, 0) is 24.3 Å². The van der Waals surface area contributed by atoms with Crippen LogP contribution in [-0.4, -0.2) is 37.5 Å². The van der Waals surface area contributed by atoms with E-state index in [1.807, 2.05) is 0 Å². The van der Waals surface area contributed by atoms with Crippen molar-refractivity contribution in [2.45, 2.75) is 0 Å². The molecule has 4 N–H and O–H groups in total. The Hall–Kier alpha value is -5.97. The summed E-state index contributed by atoms with van der Waals surface area (Å²) in [4.78, 5) is 43.5. The van der Waals surface area contributed by atoms with E-state index < -0.39 is 0 Å². The highest BCUT2D eigenvalue weighted by Gasteiger charge is 2.21. The lowest BCUT2D eigenvalue weighted by atomic mass is 10.1. The fourth-order valence-corrected chi connectivity index (χ4v) is 4.42. The molecule has 0 aromatic carbocycles. The first-order valence-electron chi connectivity index (χ1n) is 12.0. The number of anilines is 4. The molecule has 0 amide bonds. The molecule has 11 nitrogen and oxygen atoms in total. The second kappa shape index (κ2) is 10.1. The summed E-state index contributed by atoms with van der Waals surface area (Å²) in [5.74, 6) is 2.90. The summed E-state index contributed by atoms with van der Waals surface area (Å²) in [6.45, 7) is 7.40. The van der Waals surface area contributed by atoms with Gasteiger partial charge in [0.1, 0.15) is 41.1 Å². The van der Waals surface area contributed by atoms with Crippen LogP contribution in [0.5, 0.6) is 0 Å². The first kappa shape index (κ1) is 24.4. The number of hydrogen-bond acceptors (Lipinski definition) is 9. The van der Waals surface area contributed by atoms with Gasteiger partial charge < -0.3 is 29.4 Å². The van der Waals surface area contributed by atoms with Gasteiger partial charge in [0.15, 0.2) is 12.6 Å². The quantitative estimate of drug-likeness (QED) is 0.144. The zero-order chi connectivity index (χ0) is 27.6. The molecule has 0 saturated heterocycles. The van der Waals surface area contributed by atoms with Crippen LogP contribution in [0.2, 0.25) is 0 Å². The average molecular weight is 532 g/mol. The molecule has 4 aromatic rings. The number of carbonyl (C=O) groups is 2. The summed E-state index contributed by atoms with van der Waals surface area (Å²) in [6, 6.07) is 3.58. The zero-order valence-corrected chi connectivity index (χ0v) is 20.9. The molecular formula is C29H21N7O4. The number of aldehydes is 2. The lowest BCUT2D eigenvalue weighted by Gasteiger charge is -2.08. The Kier molecular flexibility index (Phi) is 6.13. The van der Waals surface area contributed by atoms with Gasteiger partial charge in [0.05, 0.1) is 23.7 Å². The molecule has 0 radical (unpaired) electrons. The second-order valence-electron chi connectivity index (χ2n) is 8.66. The summed E-state index contributed by atoms with van der Waals surface area (Å²) in [5, 5.41) is 6.38. The fourth-order valence-electron chi connectivity index (χ4n) is 4.42. The predicted octanol–water partition coefficient (Wildman–Crippen LogP) is 6.55. The van der Waals surface area contributed by atoms with Crippen LogP contribution in [0.4, 0.5) is 23.3 Å². The monoisotopic (exact) mass is 531 g/mol. The minimum Gasteiger partial charge on any atom is -0.464 e. The molecular weight excluding hydrogens is 510 g/mol. The van der Waals surface area contributed by atoms with Crippen LogP contribution in [0, 0.1) is 0 Å². The molecule has 11 heteroatoms. The van der Waals surface area contributed by atoms with E-state index in [0.29, 0.717) is 68.2 Å². The van der Waals surface area contributed by atoms with Crippen LogP contribution < -0.4 is 10.6 Å². The maximum absolute atomic E-state index is 12.1. The molecule has 0 unspecified atom stereocenters. The number of nitrogens with zero attached hydrogens (tertiary/aromatic N) is 3. The summed E-state index contributed by atoms with van der Waals surface area (Å²) in [7, 11) is 0. The maximum Gasteiger partial charge on any atom is 0.154 e. The van der Waals surface area contributed by atoms with Crippen LogP contribution in [0.25, 0.3) is 45.5 Å². The molecule has 6 heterocycles. The minimum absolute atomic E-state index is 0.400. The zero-order valence-electron chi connectivity index (χ0n) is 20.9. The van der Waals surface area contributed by atoms with E-state index in [4.69, 9.17) is 8.83 Å². The molecule has 196 valence electrons. The fraction of sp³-hybridized carbons (Fsp3) is 0. The lowest BCUT2D eigenvalue weighted by molar-refractivity contribution is 0.111. The lowest BCUT2D eigenvalue weighted by Crippen LogP contribution is -1.98. The Balaban J connectivity index is 1.31. The van der Waals surface area contributed by atoms with Crippen LogP contribution >= 0.6 is 0 Å². The minimum atomic E-state index is 0.400. The Morgan fingerprint density at radius 2 is 1.20 bits per heavy atom. The van der Waals surface area contributed by atoms with Gasteiger partial charge in [0.25, 0.3) is 0 Å². The van der Waals surface area contributed by atoms with E-state index in [0.717, 1.165) is 23.7 Å². The van der Waals surface area contributed by atoms with Crippen molar-refractivity contribution in [1.82, 2.24) is 24.9 Å². The van der Waals surface area contributed by atoms with Crippen molar-refractivity contribution in [2.24, 2.45) is 0 Å². The van der Waals surface area contributed by atoms with Gasteiger partial charge in [-0.25, -0.2) is 9.97 Å². The third-order valence-corrected chi connectivity index (χ3v) is 6.41. The topological polar surface area (TPSA) is 155 Å². The number of H-pyrrole nitrogens is 2. The number of nitrogens with one attached hydrogen (secondary N) is 4. The van der Waals surface area contributed by atoms with Crippen LogP contribution in [0.3, 0.4) is 0 Å². The highest BCUT2D eigenvalue weighted by Crippen LogP contribution is 2.38. The molecule has 6 rings (SSSR count). The van der Waals surface area contributed by atoms with Crippen LogP contribution in [-0.2, 0) is 0 Å². The molecule has 0 bridgehead atoms. The van der Waals surface area contributed by atoms with Crippen molar-refractivity contribution < 1.29 is 18.4 Å². The predicted molar refractivity (Wildman–Crippen MR) is 151 cm³/mol. The first-order chi connectivity index (χ1) is 19.6. The second-order valence-corrected chi connectivity index (χ2v) is 8.66. The molecule has 2 aliphatic heterocycles. The molecule has 0 saturated carbocycles. The average Bonchev–Trinajstić information content (AvgIpc) is 3.80. The van der Waals surface area contributed by atoms with E-state index in [9.17, 15) is 9.59 Å². The molecule has 2 aliphatic rings. The normalized spacial score (nSPS) is 10.9. The summed E-state index contributed by atoms with van der Waals surface area (Å²) < 4.78 is 10.9. The Labute approximate surface area is 227 Å². The Morgan fingerprint density at radius 1 is 0.725 bits per heavy atom. The van der Waals surface area contributed by atoms with E-state index in [-0.39, 0.29) is 0 Å². The molecule has 4 aromatic heterocycles. The molecule has 0 spiro atoms. The standard InChI is InChI=1S/C29H21N7O4/c1-3-18-5-16(13-39-18)20-9-31-28(24(20)11-37)35-26-22-7-30-8-23(22)27(34-15-33-26)36-29-25(12-38)21(10-32-29)17-6-19(4-2)40-14-17/h3-15,31-32H,1-2H2,(H2,33,34,35,36). The largest absolute Gasteiger partial charge is 0.464 e. The van der Waals surface area contributed by atoms with Crippen molar-refractivity contribution >= 4 is 48.0 Å². The summed E-state index contributed by atoms with van der Waals surface area (Å²) in [5.41, 5.74) is 4.85. The van der Waals surface area contributed by atoms with Crippen molar-refractivity contribution in [1.29, 1.82) is 0 Å². The Bertz CT molecular complexity index is 1720. The highest BCUT2D eigenvalue weighted by atomic mass is 16.3. The third kappa shape index (κ3) is 4.17. The van der Waals surface area contributed by atoms with E-state index in [2.05, 4.69) is 48.7 Å². The number of hydrogen-bond donors (Lipinski definition) is 4. The number of furan rings is 2. The molecule has 0 atom stereocenters. The van der Waals surface area contributed by atoms with Crippen LogP contribution in [0.15, 0.2) is 77.8 Å². The van der Waals surface area contributed by atoms with Gasteiger partial charge in [-0.2, -0.15) is 0 Å². The van der Waals surface area contributed by atoms with Crippen molar-refractivity contribution in [3.05, 3.63) is 91.6 Å². The smallest absolute Gasteiger partial charge is 0.154 e. The first-order valence-corrected chi connectivity index (χ1v) is 12.0. The third-order valence-electron chi connectivity index (χ3n) is 6.41. The number of aromatic nitrogens is 5.